The Bertz CT molecular complexity index is 817. The molecule has 5 nitrogen and oxygen atoms in total. The lowest BCUT2D eigenvalue weighted by Crippen LogP contribution is -2.54. The Balaban J connectivity index is 2.06. The maximum atomic E-state index is 14.9. The second-order valence-electron chi connectivity index (χ2n) is 8.37. The van der Waals surface area contributed by atoms with Crippen LogP contribution >= 0.6 is 27.7 Å². The van der Waals surface area contributed by atoms with Gasteiger partial charge in [0.15, 0.2) is 5.17 Å². The summed E-state index contributed by atoms with van der Waals surface area (Å²) in [6.07, 6.45) is -0.236. The van der Waals surface area contributed by atoms with Crippen molar-refractivity contribution in [2.45, 2.75) is 56.6 Å². The minimum Gasteiger partial charge on any atom is -0.444 e. The van der Waals surface area contributed by atoms with Gasteiger partial charge in [-0.2, -0.15) is 0 Å². The van der Waals surface area contributed by atoms with E-state index >= 15 is 0 Å². The van der Waals surface area contributed by atoms with Gasteiger partial charge < -0.3 is 9.47 Å². The first kappa shape index (κ1) is 22.5. The minimum absolute atomic E-state index is 0.0893. The number of hydrogen-bond donors (Lipinski definition) is 1. The molecule has 0 saturated carbocycles. The van der Waals surface area contributed by atoms with E-state index in [-0.39, 0.29) is 23.8 Å². The molecule has 2 aliphatic heterocycles. The second kappa shape index (κ2) is 8.51. The fourth-order valence-corrected chi connectivity index (χ4v) is 5.33. The Morgan fingerprint density at radius 2 is 2.21 bits per heavy atom. The minimum atomic E-state index is -1.13. The Morgan fingerprint density at radius 3 is 2.86 bits per heavy atom. The van der Waals surface area contributed by atoms with E-state index in [1.165, 1.54) is 6.07 Å². The molecule has 160 valence electrons. The average Bonchev–Trinajstić information content (AvgIpc) is 2.61. The molecule has 0 spiro atoms. The van der Waals surface area contributed by atoms with Crippen LogP contribution in [-0.4, -0.2) is 41.5 Å². The molecule has 1 aromatic rings. The highest BCUT2D eigenvalue weighted by Gasteiger charge is 2.53. The van der Waals surface area contributed by atoms with Crippen molar-refractivity contribution in [3.05, 3.63) is 34.1 Å². The van der Waals surface area contributed by atoms with Crippen molar-refractivity contribution in [1.82, 2.24) is 5.32 Å². The molecular formula is C20H25BrF2N2O3S. The van der Waals surface area contributed by atoms with Gasteiger partial charge in [-0.3, -0.25) is 5.32 Å². The summed E-state index contributed by atoms with van der Waals surface area (Å²) in [6, 6.07) is 4.61. The largest absolute Gasteiger partial charge is 0.444 e. The van der Waals surface area contributed by atoms with E-state index < -0.39 is 35.0 Å². The number of alkyl carbamates (subject to hydrolysis) is 1. The number of halogens is 3. The molecule has 0 radical (unpaired) electrons. The molecule has 9 heteroatoms. The number of fused-ring (bicyclic) bond motifs is 1. The van der Waals surface area contributed by atoms with Crippen molar-refractivity contribution < 1.29 is 23.0 Å². The van der Waals surface area contributed by atoms with Gasteiger partial charge in [-0.25, -0.2) is 18.6 Å². The van der Waals surface area contributed by atoms with Crippen molar-refractivity contribution in [3.8, 4) is 0 Å². The number of nitrogens with one attached hydrogen (secondary N) is 1. The molecule has 1 amide bonds. The highest BCUT2D eigenvalue weighted by atomic mass is 79.9. The van der Waals surface area contributed by atoms with Gasteiger partial charge in [0.1, 0.15) is 23.6 Å². The SMILES string of the molecule is C[C@H]1C[C@H]2[C@@H](CF)SC(NC(=O)OC(C)(C)C)=N[C@@]2(c2cc(Br)ccc2F)CO1. The third-order valence-corrected chi connectivity index (χ3v) is 6.62. The molecule has 2 heterocycles. The molecule has 0 bridgehead atoms. The van der Waals surface area contributed by atoms with E-state index in [0.717, 1.165) is 11.8 Å². The van der Waals surface area contributed by atoms with Gasteiger partial charge in [0.05, 0.1) is 12.7 Å². The van der Waals surface area contributed by atoms with Gasteiger partial charge in [-0.1, -0.05) is 27.7 Å². The lowest BCUT2D eigenvalue weighted by atomic mass is 9.72. The van der Waals surface area contributed by atoms with E-state index in [0.29, 0.717) is 16.5 Å². The van der Waals surface area contributed by atoms with E-state index in [4.69, 9.17) is 14.5 Å². The third-order valence-electron chi connectivity index (χ3n) is 4.95. The predicted molar refractivity (Wildman–Crippen MR) is 113 cm³/mol. The number of nitrogens with zero attached hydrogens (tertiary/aromatic N) is 1. The Labute approximate surface area is 182 Å². The van der Waals surface area contributed by atoms with Gasteiger partial charge in [0, 0.05) is 21.2 Å². The zero-order chi connectivity index (χ0) is 21.4. The Kier molecular flexibility index (Phi) is 6.60. The first-order chi connectivity index (χ1) is 13.5. The fraction of sp³-hybridized carbons (Fsp3) is 0.600. The summed E-state index contributed by atoms with van der Waals surface area (Å²) in [7, 11) is 0. The number of carbonyl (C=O) groups is 1. The topological polar surface area (TPSA) is 59.9 Å². The zero-order valence-corrected chi connectivity index (χ0v) is 19.2. The standard InChI is InChI=1S/C20H25BrF2N2O3S/c1-11-7-14-16(9-22)29-17(24-18(26)28-19(2,3)4)25-20(14,10-27-11)13-8-12(21)5-6-15(13)23/h5-6,8,11,14,16H,7,9-10H2,1-4H3,(H,24,25,26)/t11-,14-,16+,20+/m0/s1. The number of alkyl halides is 1. The first-order valence-corrected chi connectivity index (χ1v) is 11.1. The maximum Gasteiger partial charge on any atom is 0.413 e. The molecular weight excluding hydrogens is 466 g/mol. The predicted octanol–water partition coefficient (Wildman–Crippen LogP) is 5.17. The molecule has 29 heavy (non-hydrogen) atoms. The number of carbonyl (C=O) groups excluding carboxylic acids is 1. The van der Waals surface area contributed by atoms with Crippen molar-refractivity contribution in [3.63, 3.8) is 0 Å². The summed E-state index contributed by atoms with van der Waals surface area (Å²) in [5, 5.41) is 2.31. The summed E-state index contributed by atoms with van der Waals surface area (Å²) >= 11 is 4.53. The molecule has 0 aromatic heterocycles. The van der Waals surface area contributed by atoms with E-state index in [9.17, 15) is 13.6 Å². The molecule has 1 aromatic carbocycles. The van der Waals surface area contributed by atoms with Crippen LogP contribution in [0.1, 0.15) is 39.7 Å². The number of aliphatic imine (C=N–C) groups is 1. The average molecular weight is 491 g/mol. The highest BCUT2D eigenvalue weighted by Crippen LogP contribution is 2.50. The van der Waals surface area contributed by atoms with Crippen LogP contribution in [0, 0.1) is 11.7 Å². The number of rotatable bonds is 2. The lowest BCUT2D eigenvalue weighted by molar-refractivity contribution is -0.0558. The smallest absolute Gasteiger partial charge is 0.413 e. The van der Waals surface area contributed by atoms with Crippen LogP contribution in [0.25, 0.3) is 0 Å². The van der Waals surface area contributed by atoms with Crippen molar-refractivity contribution in [2.24, 2.45) is 10.9 Å². The number of amidine groups is 1. The van der Waals surface area contributed by atoms with E-state index in [2.05, 4.69) is 21.2 Å². The summed E-state index contributed by atoms with van der Waals surface area (Å²) < 4.78 is 40.8. The van der Waals surface area contributed by atoms with Gasteiger partial charge in [-0.15, -0.1) is 0 Å². The van der Waals surface area contributed by atoms with Gasteiger partial charge in [-0.05, 0) is 52.3 Å². The van der Waals surface area contributed by atoms with Crippen LogP contribution < -0.4 is 5.32 Å². The molecule has 4 atom stereocenters. The summed E-state index contributed by atoms with van der Waals surface area (Å²) in [5.41, 5.74) is -1.50. The quantitative estimate of drug-likeness (QED) is 0.620. The van der Waals surface area contributed by atoms with E-state index in [1.807, 2.05) is 6.92 Å². The maximum absolute atomic E-state index is 14.9. The molecule has 1 saturated heterocycles. The number of amides is 1. The van der Waals surface area contributed by atoms with Crippen LogP contribution in [0.3, 0.4) is 0 Å². The number of benzene rings is 1. The van der Waals surface area contributed by atoms with Crippen molar-refractivity contribution >= 4 is 39.0 Å². The van der Waals surface area contributed by atoms with Crippen molar-refractivity contribution in [2.75, 3.05) is 13.3 Å². The number of ether oxygens (including phenoxy) is 2. The summed E-state index contributed by atoms with van der Waals surface area (Å²) in [5.74, 6) is -0.726. The van der Waals surface area contributed by atoms with Gasteiger partial charge in [0.25, 0.3) is 0 Å². The zero-order valence-electron chi connectivity index (χ0n) is 16.8. The Hall–Kier alpha value is -1.19. The highest BCUT2D eigenvalue weighted by molar-refractivity contribution is 9.10. The third kappa shape index (κ3) is 4.94. The number of hydrogen-bond acceptors (Lipinski definition) is 5. The lowest BCUT2D eigenvalue weighted by Gasteiger charge is -2.48. The van der Waals surface area contributed by atoms with Crippen LogP contribution in [0.5, 0.6) is 0 Å². The molecule has 1 N–H and O–H groups in total. The fourth-order valence-electron chi connectivity index (χ4n) is 3.76. The van der Waals surface area contributed by atoms with Gasteiger partial charge in [0.2, 0.25) is 0 Å². The molecule has 1 fully saturated rings. The molecule has 0 aliphatic carbocycles. The summed E-state index contributed by atoms with van der Waals surface area (Å²) in [6.45, 7) is 6.63. The Morgan fingerprint density at radius 1 is 1.48 bits per heavy atom. The van der Waals surface area contributed by atoms with Crippen LogP contribution in [0.4, 0.5) is 13.6 Å². The number of thioether (sulfide) groups is 1. The van der Waals surface area contributed by atoms with Crippen LogP contribution in [0.15, 0.2) is 27.7 Å². The van der Waals surface area contributed by atoms with Crippen molar-refractivity contribution in [1.29, 1.82) is 0 Å². The molecule has 0 unspecified atom stereocenters. The van der Waals surface area contributed by atoms with Crippen LogP contribution in [0.2, 0.25) is 0 Å². The van der Waals surface area contributed by atoms with E-state index in [1.54, 1.807) is 32.9 Å². The second-order valence-corrected chi connectivity index (χ2v) is 10.5. The van der Waals surface area contributed by atoms with Gasteiger partial charge >= 0.3 is 6.09 Å². The normalized spacial score (nSPS) is 29.6. The molecule has 3 rings (SSSR count). The first-order valence-electron chi connectivity index (χ1n) is 9.43. The summed E-state index contributed by atoms with van der Waals surface area (Å²) in [4.78, 5) is 17.0. The van der Waals surface area contributed by atoms with Crippen LogP contribution in [-0.2, 0) is 15.0 Å². The molecule has 2 aliphatic rings. The monoisotopic (exact) mass is 490 g/mol.